The summed E-state index contributed by atoms with van der Waals surface area (Å²) in [5, 5.41) is 3.98. The van der Waals surface area contributed by atoms with Crippen LogP contribution in [0, 0.1) is 0 Å². The van der Waals surface area contributed by atoms with Gasteiger partial charge in [0.1, 0.15) is 12.4 Å². The number of carbonyl (C=O) groups is 1. The molecule has 1 N–H and O–H groups in total. The number of nitrogens with zero attached hydrogens (tertiary/aromatic N) is 1. The summed E-state index contributed by atoms with van der Waals surface area (Å²) in [6, 6.07) is 7.78. The van der Waals surface area contributed by atoms with Gasteiger partial charge in [0.25, 0.3) is 0 Å². The van der Waals surface area contributed by atoms with Gasteiger partial charge in [-0.2, -0.15) is 0 Å². The predicted octanol–water partition coefficient (Wildman–Crippen LogP) is 1.90. The van der Waals surface area contributed by atoms with Crippen LogP contribution in [0.15, 0.2) is 24.3 Å². The summed E-state index contributed by atoms with van der Waals surface area (Å²) < 4.78 is 5.59. The van der Waals surface area contributed by atoms with Crippen molar-refractivity contribution in [2.45, 2.75) is 18.1 Å². The molecule has 0 atom stereocenters. The Labute approximate surface area is 123 Å². The molecule has 0 spiro atoms. The number of piperidine rings is 1. The lowest BCUT2D eigenvalue weighted by molar-refractivity contribution is -0.116. The van der Waals surface area contributed by atoms with Crippen molar-refractivity contribution in [3.63, 3.8) is 0 Å². The Hall–Kier alpha value is -1.20. The second kappa shape index (κ2) is 6.50. The number of fused-ring (bicyclic) bond motifs is 1. The minimum Gasteiger partial charge on any atom is -0.490 e. The molecule has 3 rings (SSSR count). The van der Waals surface area contributed by atoms with E-state index in [2.05, 4.69) is 5.32 Å². The van der Waals surface area contributed by atoms with Crippen molar-refractivity contribution < 1.29 is 9.53 Å². The molecule has 0 saturated carbocycles. The molecular weight excluding hydrogens is 272 g/mol. The van der Waals surface area contributed by atoms with Crippen LogP contribution in [0.25, 0.3) is 0 Å². The molecule has 0 aromatic heterocycles. The fourth-order valence-electron chi connectivity index (χ4n) is 2.66. The van der Waals surface area contributed by atoms with E-state index in [4.69, 9.17) is 4.74 Å². The molecule has 1 aromatic carbocycles. The summed E-state index contributed by atoms with van der Waals surface area (Å²) in [5.74, 6) is 1.59. The Kier molecular flexibility index (Phi) is 4.47. The molecule has 1 aromatic rings. The van der Waals surface area contributed by atoms with Gasteiger partial charge in [-0.25, -0.2) is 0 Å². The second-order valence-corrected chi connectivity index (χ2v) is 6.41. The van der Waals surface area contributed by atoms with E-state index in [0.717, 1.165) is 37.4 Å². The maximum atomic E-state index is 12.4. The zero-order valence-corrected chi connectivity index (χ0v) is 12.3. The van der Waals surface area contributed by atoms with Crippen molar-refractivity contribution in [3.8, 4) is 5.75 Å². The summed E-state index contributed by atoms with van der Waals surface area (Å²) in [6.07, 6.45) is 2.33. The largest absolute Gasteiger partial charge is 0.490 e. The molecule has 1 amide bonds. The third-order valence-corrected chi connectivity index (χ3v) is 5.11. The van der Waals surface area contributed by atoms with Crippen molar-refractivity contribution in [1.82, 2.24) is 5.32 Å². The second-order valence-electron chi connectivity index (χ2n) is 5.12. The van der Waals surface area contributed by atoms with E-state index >= 15 is 0 Å². The van der Waals surface area contributed by atoms with Crippen LogP contribution in [0.5, 0.6) is 5.75 Å². The Bertz CT molecular complexity index is 475. The van der Waals surface area contributed by atoms with Crippen LogP contribution < -0.4 is 15.0 Å². The fraction of sp³-hybridized carbons (Fsp3) is 0.533. The summed E-state index contributed by atoms with van der Waals surface area (Å²) in [5.41, 5.74) is 0.912. The molecule has 4 nitrogen and oxygen atoms in total. The number of thioether (sulfide) groups is 1. The Balaban J connectivity index is 1.60. The highest BCUT2D eigenvalue weighted by atomic mass is 32.2. The zero-order chi connectivity index (χ0) is 13.8. The summed E-state index contributed by atoms with van der Waals surface area (Å²) in [6.45, 7) is 3.39. The average molecular weight is 292 g/mol. The molecule has 20 heavy (non-hydrogen) atoms. The first-order valence-corrected chi connectivity index (χ1v) is 8.24. The summed E-state index contributed by atoms with van der Waals surface area (Å²) >= 11 is 1.80. The molecule has 0 unspecified atom stereocenters. The van der Waals surface area contributed by atoms with Crippen molar-refractivity contribution in [2.75, 3.05) is 36.9 Å². The number of hydrogen-bond donors (Lipinski definition) is 1. The third kappa shape index (κ3) is 3.10. The molecule has 2 aliphatic rings. The first-order chi connectivity index (χ1) is 9.84. The maximum absolute atomic E-state index is 12.4. The highest BCUT2D eigenvalue weighted by molar-refractivity contribution is 8.00. The number of anilines is 1. The molecule has 2 aliphatic heterocycles. The van der Waals surface area contributed by atoms with Crippen LogP contribution in [0.2, 0.25) is 0 Å². The average Bonchev–Trinajstić information content (AvgIpc) is 2.53. The highest BCUT2D eigenvalue weighted by Crippen LogP contribution is 2.31. The first kappa shape index (κ1) is 13.8. The molecule has 0 bridgehead atoms. The van der Waals surface area contributed by atoms with E-state index in [1.54, 1.807) is 11.8 Å². The van der Waals surface area contributed by atoms with Gasteiger partial charge in [-0.1, -0.05) is 12.1 Å². The van der Waals surface area contributed by atoms with Crippen molar-refractivity contribution in [1.29, 1.82) is 0 Å². The minimum absolute atomic E-state index is 0.198. The van der Waals surface area contributed by atoms with Crippen molar-refractivity contribution >= 4 is 23.4 Å². The van der Waals surface area contributed by atoms with E-state index < -0.39 is 0 Å². The Morgan fingerprint density at radius 3 is 3.00 bits per heavy atom. The van der Waals surface area contributed by atoms with Crippen LogP contribution in [0.4, 0.5) is 5.69 Å². The molecule has 0 radical (unpaired) electrons. The van der Waals surface area contributed by atoms with Crippen molar-refractivity contribution in [2.24, 2.45) is 0 Å². The number of ether oxygens (including phenoxy) is 1. The molecule has 5 heteroatoms. The van der Waals surface area contributed by atoms with Crippen LogP contribution in [-0.2, 0) is 4.79 Å². The number of hydrogen-bond acceptors (Lipinski definition) is 4. The molecule has 108 valence electrons. The van der Waals surface area contributed by atoms with Crippen LogP contribution in [-0.4, -0.2) is 43.2 Å². The number of amides is 1. The van der Waals surface area contributed by atoms with Gasteiger partial charge in [0.05, 0.1) is 18.0 Å². The van der Waals surface area contributed by atoms with Gasteiger partial charge in [-0.3, -0.25) is 4.79 Å². The monoisotopic (exact) mass is 292 g/mol. The number of para-hydroxylation sites is 2. The normalized spacial score (nSPS) is 19.3. The summed E-state index contributed by atoms with van der Waals surface area (Å²) in [7, 11) is 0. The van der Waals surface area contributed by atoms with E-state index in [-0.39, 0.29) is 5.91 Å². The standard InChI is InChI=1S/C15H20N2O2S/c18-15(11-20-12-5-7-16-8-6-12)17-9-10-19-14-4-2-1-3-13(14)17/h1-4,12,16H,5-11H2. The lowest BCUT2D eigenvalue weighted by Gasteiger charge is -2.30. The molecule has 2 heterocycles. The Morgan fingerprint density at radius 1 is 1.35 bits per heavy atom. The highest BCUT2D eigenvalue weighted by Gasteiger charge is 2.24. The lowest BCUT2D eigenvalue weighted by Crippen LogP contribution is -2.39. The lowest BCUT2D eigenvalue weighted by atomic mass is 10.2. The SMILES string of the molecule is O=C(CSC1CCNCC1)N1CCOc2ccccc21. The van der Waals surface area contributed by atoms with Crippen LogP contribution in [0.3, 0.4) is 0 Å². The van der Waals surface area contributed by atoms with Gasteiger partial charge in [-0.15, -0.1) is 11.8 Å². The topological polar surface area (TPSA) is 41.6 Å². The maximum Gasteiger partial charge on any atom is 0.237 e. The quantitative estimate of drug-likeness (QED) is 0.924. The van der Waals surface area contributed by atoms with Gasteiger partial charge in [0.15, 0.2) is 0 Å². The van der Waals surface area contributed by atoms with Crippen LogP contribution in [0.1, 0.15) is 12.8 Å². The number of carbonyl (C=O) groups excluding carboxylic acids is 1. The first-order valence-electron chi connectivity index (χ1n) is 7.19. The molecule has 0 aliphatic carbocycles. The number of nitrogens with one attached hydrogen (secondary N) is 1. The van der Waals surface area contributed by atoms with Crippen LogP contribution >= 0.6 is 11.8 Å². The molecule has 1 fully saturated rings. The number of rotatable bonds is 3. The summed E-state index contributed by atoms with van der Waals surface area (Å²) in [4.78, 5) is 14.3. The van der Waals surface area contributed by atoms with Gasteiger partial charge in [-0.05, 0) is 38.1 Å². The number of benzene rings is 1. The van der Waals surface area contributed by atoms with E-state index in [0.29, 0.717) is 24.2 Å². The van der Waals surface area contributed by atoms with Gasteiger partial charge in [0, 0.05) is 5.25 Å². The fourth-order valence-corrected chi connectivity index (χ4v) is 3.76. The Morgan fingerprint density at radius 2 is 2.15 bits per heavy atom. The van der Waals surface area contributed by atoms with E-state index in [9.17, 15) is 4.79 Å². The van der Waals surface area contributed by atoms with Gasteiger partial charge in [0.2, 0.25) is 5.91 Å². The zero-order valence-electron chi connectivity index (χ0n) is 11.5. The van der Waals surface area contributed by atoms with Gasteiger partial charge >= 0.3 is 0 Å². The third-order valence-electron chi connectivity index (χ3n) is 3.76. The smallest absolute Gasteiger partial charge is 0.237 e. The predicted molar refractivity (Wildman–Crippen MR) is 82.6 cm³/mol. The van der Waals surface area contributed by atoms with E-state index in [1.165, 1.54) is 0 Å². The molecular formula is C15H20N2O2S. The minimum atomic E-state index is 0.198. The van der Waals surface area contributed by atoms with E-state index in [1.807, 2.05) is 29.2 Å². The van der Waals surface area contributed by atoms with Crippen molar-refractivity contribution in [3.05, 3.63) is 24.3 Å². The van der Waals surface area contributed by atoms with Gasteiger partial charge < -0.3 is 15.0 Å². The molecule has 1 saturated heterocycles.